The molecule has 1 saturated heterocycles. The zero-order valence-electron chi connectivity index (χ0n) is 13.4. The SMILES string of the molecule is COc1nccnc1OC1CCCN(C(=O)/C=C/c2ccco2)C1. The van der Waals surface area contributed by atoms with Crippen LogP contribution in [0.3, 0.4) is 0 Å². The van der Waals surface area contributed by atoms with E-state index in [4.69, 9.17) is 13.9 Å². The molecule has 0 radical (unpaired) electrons. The van der Waals surface area contributed by atoms with E-state index in [0.29, 0.717) is 30.6 Å². The van der Waals surface area contributed by atoms with Crippen LogP contribution in [0.1, 0.15) is 18.6 Å². The van der Waals surface area contributed by atoms with Gasteiger partial charge < -0.3 is 18.8 Å². The van der Waals surface area contributed by atoms with Crippen molar-refractivity contribution in [3.63, 3.8) is 0 Å². The van der Waals surface area contributed by atoms with Crippen LogP contribution in [0.4, 0.5) is 0 Å². The summed E-state index contributed by atoms with van der Waals surface area (Å²) in [6.45, 7) is 1.21. The van der Waals surface area contributed by atoms with Crippen molar-refractivity contribution in [1.82, 2.24) is 14.9 Å². The van der Waals surface area contributed by atoms with Crippen molar-refractivity contribution in [3.8, 4) is 11.8 Å². The fraction of sp³-hybridized carbons (Fsp3) is 0.353. The molecule has 0 aromatic carbocycles. The maximum atomic E-state index is 12.3. The fourth-order valence-corrected chi connectivity index (χ4v) is 2.57. The van der Waals surface area contributed by atoms with Crippen LogP contribution >= 0.6 is 0 Å². The van der Waals surface area contributed by atoms with Crippen molar-refractivity contribution >= 4 is 12.0 Å². The van der Waals surface area contributed by atoms with E-state index in [1.807, 2.05) is 0 Å². The molecule has 1 amide bonds. The van der Waals surface area contributed by atoms with Crippen molar-refractivity contribution in [1.29, 1.82) is 0 Å². The number of ether oxygens (including phenoxy) is 2. The van der Waals surface area contributed by atoms with Gasteiger partial charge in [0.1, 0.15) is 11.9 Å². The molecule has 1 aliphatic heterocycles. The first-order valence-corrected chi connectivity index (χ1v) is 7.78. The van der Waals surface area contributed by atoms with Gasteiger partial charge in [0.05, 0.1) is 19.9 Å². The van der Waals surface area contributed by atoms with E-state index in [1.54, 1.807) is 41.8 Å². The Morgan fingerprint density at radius 2 is 2.21 bits per heavy atom. The van der Waals surface area contributed by atoms with Crippen LogP contribution in [0.5, 0.6) is 11.8 Å². The lowest BCUT2D eigenvalue weighted by Crippen LogP contribution is -2.43. The van der Waals surface area contributed by atoms with E-state index in [0.717, 1.165) is 12.8 Å². The lowest BCUT2D eigenvalue weighted by molar-refractivity contribution is -0.128. The summed E-state index contributed by atoms with van der Waals surface area (Å²) in [5.74, 6) is 1.28. The second-order valence-corrected chi connectivity index (χ2v) is 5.39. The van der Waals surface area contributed by atoms with Gasteiger partial charge in [0.15, 0.2) is 0 Å². The highest BCUT2D eigenvalue weighted by molar-refractivity contribution is 5.91. The summed E-state index contributed by atoms with van der Waals surface area (Å²) >= 11 is 0. The smallest absolute Gasteiger partial charge is 0.278 e. The molecule has 0 N–H and O–H groups in total. The van der Waals surface area contributed by atoms with Crippen molar-refractivity contribution < 1.29 is 18.7 Å². The van der Waals surface area contributed by atoms with Crippen molar-refractivity contribution in [3.05, 3.63) is 42.6 Å². The van der Waals surface area contributed by atoms with Gasteiger partial charge in [-0.05, 0) is 31.1 Å². The molecule has 0 bridgehead atoms. The van der Waals surface area contributed by atoms with Crippen molar-refractivity contribution in [2.24, 2.45) is 0 Å². The molecular weight excluding hydrogens is 310 g/mol. The molecular formula is C17H19N3O4. The lowest BCUT2D eigenvalue weighted by atomic mass is 10.1. The van der Waals surface area contributed by atoms with Crippen LogP contribution in [-0.4, -0.2) is 47.1 Å². The fourth-order valence-electron chi connectivity index (χ4n) is 2.57. The normalized spacial score (nSPS) is 17.9. The predicted molar refractivity (Wildman–Crippen MR) is 86.6 cm³/mol. The Morgan fingerprint density at radius 1 is 1.38 bits per heavy atom. The summed E-state index contributed by atoms with van der Waals surface area (Å²) < 4.78 is 16.2. The lowest BCUT2D eigenvalue weighted by Gasteiger charge is -2.32. The van der Waals surface area contributed by atoms with Gasteiger partial charge >= 0.3 is 0 Å². The molecule has 1 fully saturated rings. The highest BCUT2D eigenvalue weighted by Gasteiger charge is 2.25. The van der Waals surface area contributed by atoms with Crippen molar-refractivity contribution in [2.75, 3.05) is 20.2 Å². The molecule has 7 nitrogen and oxygen atoms in total. The predicted octanol–water partition coefficient (Wildman–Crippen LogP) is 2.16. The molecule has 0 saturated carbocycles. The minimum atomic E-state index is -0.134. The third-order valence-electron chi connectivity index (χ3n) is 3.73. The van der Waals surface area contributed by atoms with Crippen molar-refractivity contribution in [2.45, 2.75) is 18.9 Å². The summed E-state index contributed by atoms with van der Waals surface area (Å²) in [4.78, 5) is 22.3. The molecule has 126 valence electrons. The number of likely N-dealkylation sites (tertiary alicyclic amines) is 1. The number of hydrogen-bond donors (Lipinski definition) is 0. The van der Waals surface area contributed by atoms with Gasteiger partial charge in [-0.1, -0.05) is 0 Å². The Balaban J connectivity index is 1.60. The molecule has 0 aliphatic carbocycles. The van der Waals surface area contributed by atoms with Gasteiger partial charge in [-0.15, -0.1) is 0 Å². The molecule has 1 aliphatic rings. The minimum Gasteiger partial charge on any atom is -0.477 e. The molecule has 2 aromatic heterocycles. The van der Waals surface area contributed by atoms with Crippen LogP contribution in [0.2, 0.25) is 0 Å². The van der Waals surface area contributed by atoms with E-state index in [1.165, 1.54) is 13.2 Å². The quantitative estimate of drug-likeness (QED) is 0.782. The van der Waals surface area contributed by atoms with E-state index >= 15 is 0 Å². The first kappa shape index (κ1) is 16.0. The first-order chi connectivity index (χ1) is 11.8. The minimum absolute atomic E-state index is 0.0641. The molecule has 3 rings (SSSR count). The zero-order valence-corrected chi connectivity index (χ0v) is 13.4. The molecule has 3 heterocycles. The van der Waals surface area contributed by atoms with Gasteiger partial charge in [-0.25, -0.2) is 9.97 Å². The van der Waals surface area contributed by atoms with Crippen LogP contribution in [0.15, 0.2) is 41.3 Å². The number of rotatable bonds is 5. The molecule has 1 unspecified atom stereocenters. The molecule has 0 spiro atoms. The second kappa shape index (κ2) is 7.63. The zero-order chi connectivity index (χ0) is 16.8. The van der Waals surface area contributed by atoms with Gasteiger partial charge in [-0.3, -0.25) is 4.79 Å². The van der Waals surface area contributed by atoms with E-state index in [-0.39, 0.29) is 12.0 Å². The third kappa shape index (κ3) is 3.92. The van der Waals surface area contributed by atoms with E-state index in [2.05, 4.69) is 9.97 Å². The first-order valence-electron chi connectivity index (χ1n) is 7.78. The summed E-state index contributed by atoms with van der Waals surface area (Å²) in [6, 6.07) is 3.58. The van der Waals surface area contributed by atoms with E-state index in [9.17, 15) is 4.79 Å². The topological polar surface area (TPSA) is 77.7 Å². The Bertz CT molecular complexity index is 700. The van der Waals surface area contributed by atoms with Crippen LogP contribution < -0.4 is 9.47 Å². The number of methoxy groups -OCH3 is 1. The van der Waals surface area contributed by atoms with Gasteiger partial charge in [0, 0.05) is 25.0 Å². The van der Waals surface area contributed by atoms with Gasteiger partial charge in [0.25, 0.3) is 11.8 Å². The highest BCUT2D eigenvalue weighted by Crippen LogP contribution is 2.24. The van der Waals surface area contributed by atoms with Gasteiger partial charge in [0.2, 0.25) is 5.91 Å². The number of amides is 1. The number of furan rings is 1. The summed E-state index contributed by atoms with van der Waals surface area (Å²) in [5, 5.41) is 0. The molecule has 24 heavy (non-hydrogen) atoms. The summed E-state index contributed by atoms with van der Waals surface area (Å²) in [7, 11) is 1.52. The molecule has 7 heteroatoms. The highest BCUT2D eigenvalue weighted by atomic mass is 16.5. The number of hydrogen-bond acceptors (Lipinski definition) is 6. The Labute approximate surface area is 139 Å². The summed E-state index contributed by atoms with van der Waals surface area (Å²) in [6.07, 6.45) is 9.44. The van der Waals surface area contributed by atoms with Gasteiger partial charge in [-0.2, -0.15) is 0 Å². The van der Waals surface area contributed by atoms with Crippen LogP contribution in [0, 0.1) is 0 Å². The number of carbonyl (C=O) groups is 1. The number of nitrogens with zero attached hydrogens (tertiary/aromatic N) is 3. The maximum Gasteiger partial charge on any atom is 0.278 e. The molecule has 2 aromatic rings. The second-order valence-electron chi connectivity index (χ2n) is 5.39. The van der Waals surface area contributed by atoms with E-state index < -0.39 is 0 Å². The Morgan fingerprint density at radius 3 is 2.96 bits per heavy atom. The summed E-state index contributed by atoms with van der Waals surface area (Å²) in [5.41, 5.74) is 0. The number of carbonyl (C=O) groups excluding carboxylic acids is 1. The Hall–Kier alpha value is -2.83. The largest absolute Gasteiger partial charge is 0.477 e. The number of piperidine rings is 1. The third-order valence-corrected chi connectivity index (χ3v) is 3.73. The average molecular weight is 329 g/mol. The standard InChI is InChI=1S/C17H19N3O4/c1-22-16-17(19-9-8-18-16)24-14-4-2-10-20(12-14)15(21)7-6-13-5-3-11-23-13/h3,5-9,11,14H,2,4,10,12H2,1H3/b7-6+. The Kier molecular flexibility index (Phi) is 5.10. The monoisotopic (exact) mass is 329 g/mol. The van der Waals surface area contributed by atoms with Crippen LogP contribution in [-0.2, 0) is 4.79 Å². The van der Waals surface area contributed by atoms with Crippen LogP contribution in [0.25, 0.3) is 6.08 Å². The molecule has 1 atom stereocenters. The maximum absolute atomic E-state index is 12.3. The number of aromatic nitrogens is 2. The average Bonchev–Trinajstić information content (AvgIpc) is 3.14.